The summed E-state index contributed by atoms with van der Waals surface area (Å²) < 4.78 is 0. The molecular formula is C18H21N3O3. The second-order valence-corrected chi connectivity index (χ2v) is 5.81. The van der Waals surface area contributed by atoms with Gasteiger partial charge in [-0.1, -0.05) is 12.1 Å². The molecule has 0 saturated heterocycles. The van der Waals surface area contributed by atoms with Gasteiger partial charge in [-0.05, 0) is 31.0 Å². The van der Waals surface area contributed by atoms with Crippen LogP contribution in [0.15, 0.2) is 23.3 Å². The molecule has 1 aliphatic heterocycles. The quantitative estimate of drug-likeness (QED) is 0.800. The van der Waals surface area contributed by atoms with Crippen molar-refractivity contribution in [3.8, 4) is 12.3 Å². The third-order valence-electron chi connectivity index (χ3n) is 3.74. The van der Waals surface area contributed by atoms with E-state index in [4.69, 9.17) is 6.42 Å². The molecule has 0 fully saturated rings. The molecule has 1 aliphatic rings. The number of carbonyl (C=O) groups is 2. The maximum Gasteiger partial charge on any atom is 0.267 e. The van der Waals surface area contributed by atoms with Crippen molar-refractivity contribution in [1.29, 1.82) is 0 Å². The summed E-state index contributed by atoms with van der Waals surface area (Å²) in [4.78, 5) is 24.4. The van der Waals surface area contributed by atoms with Gasteiger partial charge in [-0.3, -0.25) is 9.59 Å². The molecule has 24 heavy (non-hydrogen) atoms. The van der Waals surface area contributed by atoms with E-state index in [0.29, 0.717) is 5.69 Å². The number of aliphatic hydroxyl groups excluding tert-OH is 1. The van der Waals surface area contributed by atoms with Crippen LogP contribution in [0.25, 0.3) is 0 Å². The number of hydrazone groups is 1. The molecule has 0 bridgehead atoms. The maximum absolute atomic E-state index is 12.2. The molecule has 6 heteroatoms. The number of benzene rings is 1. The highest BCUT2D eigenvalue weighted by molar-refractivity contribution is 6.40. The van der Waals surface area contributed by atoms with Gasteiger partial charge < -0.3 is 10.4 Å². The van der Waals surface area contributed by atoms with E-state index in [1.54, 1.807) is 0 Å². The van der Waals surface area contributed by atoms with Crippen molar-refractivity contribution < 1.29 is 14.7 Å². The van der Waals surface area contributed by atoms with Crippen molar-refractivity contribution in [2.75, 3.05) is 11.6 Å². The highest BCUT2D eigenvalue weighted by atomic mass is 16.3. The molecule has 0 unspecified atom stereocenters. The molecule has 2 N–H and O–H groups in total. The van der Waals surface area contributed by atoms with Crippen LogP contribution in [0.3, 0.4) is 0 Å². The first-order valence-corrected chi connectivity index (χ1v) is 7.79. The molecule has 1 atom stereocenters. The second-order valence-electron chi connectivity index (χ2n) is 5.81. The number of amides is 2. The lowest BCUT2D eigenvalue weighted by molar-refractivity contribution is -0.119. The van der Waals surface area contributed by atoms with Crippen molar-refractivity contribution in [3.63, 3.8) is 0 Å². The van der Waals surface area contributed by atoms with E-state index >= 15 is 0 Å². The van der Waals surface area contributed by atoms with E-state index in [1.807, 2.05) is 32.0 Å². The summed E-state index contributed by atoms with van der Waals surface area (Å²) in [5.74, 6) is 1.79. The number of aryl methyl sites for hydroxylation is 2. The van der Waals surface area contributed by atoms with Crippen molar-refractivity contribution in [2.24, 2.45) is 5.10 Å². The average Bonchev–Trinajstić information content (AvgIpc) is 2.56. The molecule has 1 heterocycles. The summed E-state index contributed by atoms with van der Waals surface area (Å²) in [5.41, 5.74) is 2.86. The lowest BCUT2D eigenvalue weighted by Crippen LogP contribution is -2.41. The van der Waals surface area contributed by atoms with Gasteiger partial charge in [-0.2, -0.15) is 5.10 Å². The van der Waals surface area contributed by atoms with E-state index in [9.17, 15) is 14.7 Å². The first kappa shape index (κ1) is 17.7. The summed E-state index contributed by atoms with van der Waals surface area (Å²) in [6.45, 7) is 3.88. The Morgan fingerprint density at radius 2 is 2.21 bits per heavy atom. The number of aliphatic hydroxyl groups is 1. The third kappa shape index (κ3) is 4.21. The fraction of sp³-hybridized carbons (Fsp3) is 0.389. The topological polar surface area (TPSA) is 82.0 Å². The van der Waals surface area contributed by atoms with Crippen molar-refractivity contribution in [1.82, 2.24) is 5.32 Å². The van der Waals surface area contributed by atoms with Gasteiger partial charge in [0.05, 0.1) is 11.8 Å². The highest BCUT2D eigenvalue weighted by Gasteiger charge is 2.26. The number of hydrogen-bond donors (Lipinski definition) is 2. The Morgan fingerprint density at radius 3 is 2.92 bits per heavy atom. The standard InChI is InChI=1S/C18H21N3O3/c1-4-5-14(22)11-19-18(24)15-8-9-17(23)21(20-15)16-10-12(2)6-7-13(16)3/h1,6-7,10,14,22H,5,8-9,11H2,2-3H3,(H,19,24)/t14-/m0/s1. The van der Waals surface area contributed by atoms with Crippen LogP contribution in [0.5, 0.6) is 0 Å². The largest absolute Gasteiger partial charge is 0.390 e. The molecule has 0 saturated carbocycles. The van der Waals surface area contributed by atoms with Gasteiger partial charge in [0.25, 0.3) is 5.91 Å². The number of anilines is 1. The zero-order valence-corrected chi connectivity index (χ0v) is 13.9. The molecule has 0 spiro atoms. The number of hydrogen-bond acceptors (Lipinski definition) is 4. The van der Waals surface area contributed by atoms with Crippen LogP contribution in [0.2, 0.25) is 0 Å². The second kappa shape index (κ2) is 7.75. The van der Waals surface area contributed by atoms with Crippen LogP contribution in [0.4, 0.5) is 5.69 Å². The van der Waals surface area contributed by atoms with Crippen LogP contribution < -0.4 is 10.3 Å². The molecule has 0 aliphatic carbocycles. The number of rotatable bonds is 5. The summed E-state index contributed by atoms with van der Waals surface area (Å²) in [7, 11) is 0. The molecule has 6 nitrogen and oxygen atoms in total. The molecule has 1 aromatic carbocycles. The highest BCUT2D eigenvalue weighted by Crippen LogP contribution is 2.25. The fourth-order valence-corrected chi connectivity index (χ4v) is 2.37. The van der Waals surface area contributed by atoms with Gasteiger partial charge in [0, 0.05) is 25.8 Å². The van der Waals surface area contributed by atoms with Gasteiger partial charge in [0.1, 0.15) is 5.71 Å². The van der Waals surface area contributed by atoms with Crippen LogP contribution in [0, 0.1) is 26.2 Å². The monoisotopic (exact) mass is 327 g/mol. The Hall–Kier alpha value is -2.65. The van der Waals surface area contributed by atoms with E-state index in [2.05, 4.69) is 16.3 Å². The predicted molar refractivity (Wildman–Crippen MR) is 92.5 cm³/mol. The smallest absolute Gasteiger partial charge is 0.267 e. The van der Waals surface area contributed by atoms with E-state index in [1.165, 1.54) is 5.01 Å². The number of terminal acetylenes is 1. The number of nitrogens with zero attached hydrogens (tertiary/aromatic N) is 2. The minimum Gasteiger partial charge on any atom is -0.390 e. The molecular weight excluding hydrogens is 306 g/mol. The van der Waals surface area contributed by atoms with Crippen LogP contribution in [-0.2, 0) is 9.59 Å². The normalized spacial score (nSPS) is 15.5. The Labute approximate surface area is 141 Å². The Balaban J connectivity index is 2.17. The lowest BCUT2D eigenvalue weighted by Gasteiger charge is -2.25. The molecule has 0 aromatic heterocycles. The van der Waals surface area contributed by atoms with Gasteiger partial charge >= 0.3 is 0 Å². The van der Waals surface area contributed by atoms with Crippen LogP contribution >= 0.6 is 0 Å². The molecule has 126 valence electrons. The summed E-state index contributed by atoms with van der Waals surface area (Å²) in [5, 5.41) is 17.7. The predicted octanol–water partition coefficient (Wildman–Crippen LogP) is 1.29. The summed E-state index contributed by atoms with van der Waals surface area (Å²) in [6, 6.07) is 5.74. The van der Waals surface area contributed by atoms with Crippen molar-refractivity contribution in [3.05, 3.63) is 29.3 Å². The number of carbonyl (C=O) groups excluding carboxylic acids is 2. The molecule has 0 radical (unpaired) electrons. The van der Waals surface area contributed by atoms with Crippen molar-refractivity contribution in [2.45, 2.75) is 39.2 Å². The maximum atomic E-state index is 12.2. The Morgan fingerprint density at radius 1 is 1.46 bits per heavy atom. The summed E-state index contributed by atoms with van der Waals surface area (Å²) >= 11 is 0. The van der Waals surface area contributed by atoms with E-state index in [-0.39, 0.29) is 37.4 Å². The molecule has 2 amide bonds. The lowest BCUT2D eigenvalue weighted by atomic mass is 10.1. The van der Waals surface area contributed by atoms with Crippen molar-refractivity contribution >= 4 is 23.2 Å². The molecule has 1 aromatic rings. The van der Waals surface area contributed by atoms with E-state index < -0.39 is 12.0 Å². The van der Waals surface area contributed by atoms with Gasteiger partial charge in [-0.25, -0.2) is 5.01 Å². The summed E-state index contributed by atoms with van der Waals surface area (Å²) in [6.07, 6.45) is 4.98. The SMILES string of the molecule is C#CC[C@H](O)CNC(=O)C1=NN(c2cc(C)ccc2C)C(=O)CC1. The van der Waals surface area contributed by atoms with E-state index in [0.717, 1.165) is 11.1 Å². The zero-order chi connectivity index (χ0) is 17.7. The minimum absolute atomic E-state index is 0.0550. The van der Waals surface area contributed by atoms with Gasteiger partial charge in [0.2, 0.25) is 5.91 Å². The minimum atomic E-state index is -0.792. The fourth-order valence-electron chi connectivity index (χ4n) is 2.37. The average molecular weight is 327 g/mol. The van der Waals surface area contributed by atoms with Crippen LogP contribution in [0.1, 0.15) is 30.4 Å². The molecule has 2 rings (SSSR count). The first-order valence-electron chi connectivity index (χ1n) is 7.79. The van der Waals surface area contributed by atoms with Gasteiger partial charge in [-0.15, -0.1) is 12.3 Å². The third-order valence-corrected chi connectivity index (χ3v) is 3.74. The van der Waals surface area contributed by atoms with Crippen LogP contribution in [-0.4, -0.2) is 35.3 Å². The Bertz CT molecular complexity index is 719. The van der Waals surface area contributed by atoms with Gasteiger partial charge in [0.15, 0.2) is 0 Å². The number of nitrogens with one attached hydrogen (secondary N) is 1. The first-order chi connectivity index (χ1) is 11.4. The Kier molecular flexibility index (Phi) is 5.72. The zero-order valence-electron chi connectivity index (χ0n) is 13.9.